The van der Waals surface area contributed by atoms with Crippen LogP contribution in [-0.2, 0) is 9.59 Å². The fraction of sp³-hybridized carbons (Fsp3) is 0.231. The van der Waals surface area contributed by atoms with Crippen molar-refractivity contribution in [3.8, 4) is 0 Å². The molecule has 0 saturated heterocycles. The van der Waals surface area contributed by atoms with Gasteiger partial charge in [0.1, 0.15) is 6.04 Å². The van der Waals surface area contributed by atoms with E-state index in [-0.39, 0.29) is 13.0 Å². The summed E-state index contributed by atoms with van der Waals surface area (Å²) in [6.07, 6.45) is 1.52. The number of aromatic nitrogens is 1. The van der Waals surface area contributed by atoms with Crippen LogP contribution in [0.15, 0.2) is 30.5 Å². The van der Waals surface area contributed by atoms with Crippen molar-refractivity contribution in [2.45, 2.75) is 12.5 Å². The standard InChI is InChI=1S/C13H14N2O4/c16-11(17)5-6-14-12(13(18)19)9-7-15-10-4-2-1-3-8(9)10/h1-4,7,12,14-15H,5-6H2,(H,16,17)(H,18,19). The van der Waals surface area contributed by atoms with Crippen LogP contribution in [0.3, 0.4) is 0 Å². The Bertz CT molecular complexity index is 605. The second kappa shape index (κ2) is 5.53. The van der Waals surface area contributed by atoms with Crippen molar-refractivity contribution in [3.63, 3.8) is 0 Å². The number of carboxylic acids is 2. The summed E-state index contributed by atoms with van der Waals surface area (Å²) >= 11 is 0. The van der Waals surface area contributed by atoms with Crippen LogP contribution >= 0.6 is 0 Å². The molecule has 1 aromatic carbocycles. The lowest BCUT2D eigenvalue weighted by molar-refractivity contribution is -0.141. The molecule has 1 atom stereocenters. The fourth-order valence-corrected chi connectivity index (χ4v) is 1.99. The summed E-state index contributed by atoms with van der Waals surface area (Å²) in [6, 6.07) is 6.45. The highest BCUT2D eigenvalue weighted by atomic mass is 16.4. The first kappa shape index (κ1) is 13.1. The highest BCUT2D eigenvalue weighted by molar-refractivity contribution is 5.89. The summed E-state index contributed by atoms with van der Waals surface area (Å²) in [5, 5.41) is 21.4. The number of benzene rings is 1. The van der Waals surface area contributed by atoms with Crippen LogP contribution in [0, 0.1) is 0 Å². The van der Waals surface area contributed by atoms with Crippen molar-refractivity contribution in [2.75, 3.05) is 6.54 Å². The summed E-state index contributed by atoms with van der Waals surface area (Å²) in [5.74, 6) is -1.99. The van der Waals surface area contributed by atoms with Gasteiger partial charge < -0.3 is 20.5 Å². The molecule has 6 heteroatoms. The van der Waals surface area contributed by atoms with Gasteiger partial charge in [0.05, 0.1) is 6.42 Å². The van der Waals surface area contributed by atoms with Gasteiger partial charge in [-0.25, -0.2) is 0 Å². The number of hydrogen-bond donors (Lipinski definition) is 4. The van der Waals surface area contributed by atoms with Crippen LogP contribution in [0.25, 0.3) is 10.9 Å². The molecule has 0 aliphatic heterocycles. The Labute approximate surface area is 109 Å². The largest absolute Gasteiger partial charge is 0.481 e. The van der Waals surface area contributed by atoms with Crippen LogP contribution in [0.1, 0.15) is 18.0 Å². The van der Waals surface area contributed by atoms with E-state index in [1.165, 1.54) is 0 Å². The minimum Gasteiger partial charge on any atom is -0.481 e. The zero-order valence-corrected chi connectivity index (χ0v) is 10.1. The number of fused-ring (bicyclic) bond motifs is 1. The van der Waals surface area contributed by atoms with Crippen molar-refractivity contribution in [3.05, 3.63) is 36.0 Å². The molecule has 6 nitrogen and oxygen atoms in total. The third-order valence-corrected chi connectivity index (χ3v) is 2.87. The average molecular weight is 262 g/mol. The van der Waals surface area contributed by atoms with E-state index >= 15 is 0 Å². The Morgan fingerprint density at radius 2 is 2.00 bits per heavy atom. The molecule has 2 aromatic rings. The predicted molar refractivity (Wildman–Crippen MR) is 68.9 cm³/mol. The molecule has 4 N–H and O–H groups in total. The van der Waals surface area contributed by atoms with Gasteiger partial charge >= 0.3 is 11.9 Å². The van der Waals surface area contributed by atoms with Gasteiger partial charge in [-0.15, -0.1) is 0 Å². The molecule has 100 valence electrons. The Kier molecular flexibility index (Phi) is 3.82. The number of para-hydroxylation sites is 1. The van der Waals surface area contributed by atoms with E-state index in [1.807, 2.05) is 24.3 Å². The minimum atomic E-state index is -1.03. The minimum absolute atomic E-state index is 0.103. The Hall–Kier alpha value is -2.34. The molecule has 1 unspecified atom stereocenters. The molecule has 0 bridgehead atoms. The summed E-state index contributed by atoms with van der Waals surface area (Å²) in [5.41, 5.74) is 1.46. The molecular weight excluding hydrogens is 248 g/mol. The summed E-state index contributed by atoms with van der Waals surface area (Å²) < 4.78 is 0. The molecule has 0 saturated carbocycles. The lowest BCUT2D eigenvalue weighted by Gasteiger charge is -2.13. The molecule has 1 heterocycles. The summed E-state index contributed by atoms with van der Waals surface area (Å²) in [6.45, 7) is 0.103. The van der Waals surface area contributed by atoms with Gasteiger partial charge in [-0.05, 0) is 6.07 Å². The molecule has 0 radical (unpaired) electrons. The molecular formula is C13H14N2O4. The van der Waals surface area contributed by atoms with E-state index < -0.39 is 18.0 Å². The number of H-pyrrole nitrogens is 1. The van der Waals surface area contributed by atoms with Gasteiger partial charge in [0.2, 0.25) is 0 Å². The van der Waals surface area contributed by atoms with Gasteiger partial charge in [-0.2, -0.15) is 0 Å². The molecule has 0 aliphatic carbocycles. The third-order valence-electron chi connectivity index (χ3n) is 2.87. The molecule has 2 rings (SSSR count). The van der Waals surface area contributed by atoms with Crippen LogP contribution < -0.4 is 5.32 Å². The first-order chi connectivity index (χ1) is 9.09. The van der Waals surface area contributed by atoms with Gasteiger partial charge in [0.25, 0.3) is 0 Å². The van der Waals surface area contributed by atoms with Crippen molar-refractivity contribution in [1.82, 2.24) is 10.3 Å². The van der Waals surface area contributed by atoms with E-state index in [0.717, 1.165) is 10.9 Å². The number of aliphatic carboxylic acids is 2. The van der Waals surface area contributed by atoms with Crippen LogP contribution in [0.5, 0.6) is 0 Å². The Morgan fingerprint density at radius 3 is 2.68 bits per heavy atom. The molecule has 19 heavy (non-hydrogen) atoms. The second-order valence-electron chi connectivity index (χ2n) is 4.16. The van der Waals surface area contributed by atoms with E-state index in [9.17, 15) is 14.7 Å². The van der Waals surface area contributed by atoms with Crippen LogP contribution in [0.4, 0.5) is 0 Å². The molecule has 1 aromatic heterocycles. The first-order valence-electron chi connectivity index (χ1n) is 5.83. The highest BCUT2D eigenvalue weighted by Gasteiger charge is 2.22. The van der Waals surface area contributed by atoms with E-state index in [4.69, 9.17) is 5.11 Å². The highest BCUT2D eigenvalue weighted by Crippen LogP contribution is 2.24. The molecule has 0 spiro atoms. The molecule has 0 aliphatic rings. The second-order valence-corrected chi connectivity index (χ2v) is 4.16. The number of carbonyl (C=O) groups is 2. The van der Waals surface area contributed by atoms with Crippen LogP contribution in [-0.4, -0.2) is 33.7 Å². The first-order valence-corrected chi connectivity index (χ1v) is 5.83. The number of rotatable bonds is 6. The van der Waals surface area contributed by atoms with Crippen molar-refractivity contribution in [2.24, 2.45) is 0 Å². The predicted octanol–water partition coefficient (Wildman–Crippen LogP) is 1.36. The number of carboxylic acid groups (broad SMARTS) is 2. The number of nitrogens with one attached hydrogen (secondary N) is 2. The lowest BCUT2D eigenvalue weighted by Crippen LogP contribution is -2.30. The van der Waals surface area contributed by atoms with Gasteiger partial charge in [-0.3, -0.25) is 9.59 Å². The van der Waals surface area contributed by atoms with Crippen molar-refractivity contribution < 1.29 is 19.8 Å². The average Bonchev–Trinajstić information content (AvgIpc) is 2.77. The normalized spacial score (nSPS) is 12.4. The van der Waals surface area contributed by atoms with Crippen molar-refractivity contribution >= 4 is 22.8 Å². The van der Waals surface area contributed by atoms with E-state index in [1.54, 1.807) is 6.20 Å². The SMILES string of the molecule is O=C(O)CCNC(C(=O)O)c1c[nH]c2ccccc12. The Morgan fingerprint density at radius 1 is 1.26 bits per heavy atom. The number of hydrogen-bond acceptors (Lipinski definition) is 3. The zero-order chi connectivity index (χ0) is 13.8. The Balaban J connectivity index is 2.23. The maximum absolute atomic E-state index is 11.3. The monoisotopic (exact) mass is 262 g/mol. The topological polar surface area (TPSA) is 102 Å². The smallest absolute Gasteiger partial charge is 0.325 e. The quantitative estimate of drug-likeness (QED) is 0.629. The van der Waals surface area contributed by atoms with E-state index in [0.29, 0.717) is 5.56 Å². The maximum atomic E-state index is 11.3. The summed E-state index contributed by atoms with van der Waals surface area (Å²) in [7, 11) is 0. The van der Waals surface area contributed by atoms with Gasteiger partial charge in [0.15, 0.2) is 0 Å². The molecule has 0 amide bonds. The van der Waals surface area contributed by atoms with Gasteiger partial charge in [-0.1, -0.05) is 18.2 Å². The van der Waals surface area contributed by atoms with Crippen LogP contribution in [0.2, 0.25) is 0 Å². The summed E-state index contributed by atoms with van der Waals surface area (Å²) in [4.78, 5) is 24.8. The fourth-order valence-electron chi connectivity index (χ4n) is 1.99. The number of aromatic amines is 1. The third kappa shape index (κ3) is 2.92. The molecule has 0 fully saturated rings. The maximum Gasteiger partial charge on any atom is 0.325 e. The van der Waals surface area contributed by atoms with Gasteiger partial charge in [0, 0.05) is 29.2 Å². The van der Waals surface area contributed by atoms with Crippen molar-refractivity contribution in [1.29, 1.82) is 0 Å². The zero-order valence-electron chi connectivity index (χ0n) is 10.1. The lowest BCUT2D eigenvalue weighted by atomic mass is 10.1. The van der Waals surface area contributed by atoms with E-state index in [2.05, 4.69) is 10.3 Å².